The highest BCUT2D eigenvalue weighted by atomic mass is 16.5. The van der Waals surface area contributed by atoms with Crippen LogP contribution in [0.1, 0.15) is 16.7 Å². The molecule has 1 N–H and O–H groups in total. The number of carbonyl (C=O) groups is 2. The molecule has 0 spiro atoms. The number of amides is 1. The summed E-state index contributed by atoms with van der Waals surface area (Å²) in [5, 5.41) is 2.54. The van der Waals surface area contributed by atoms with Crippen molar-refractivity contribution < 1.29 is 19.1 Å². The Morgan fingerprint density at radius 2 is 1.34 bits per heavy atom. The molecule has 1 amide bonds. The Kier molecular flexibility index (Phi) is 7.41. The lowest BCUT2D eigenvalue weighted by Gasteiger charge is -2.15. The summed E-state index contributed by atoms with van der Waals surface area (Å²) in [5.41, 5.74) is 3.11. The van der Waals surface area contributed by atoms with Crippen LogP contribution in [0.2, 0.25) is 0 Å². The van der Waals surface area contributed by atoms with Gasteiger partial charge in [0.1, 0.15) is 13.2 Å². The molecule has 0 saturated carbocycles. The maximum absolute atomic E-state index is 11.1. The normalized spacial score (nSPS) is 10.2. The quantitative estimate of drug-likeness (QED) is 0.424. The summed E-state index contributed by atoms with van der Waals surface area (Å²) in [4.78, 5) is 21.5. The van der Waals surface area contributed by atoms with E-state index >= 15 is 0 Å². The lowest BCUT2D eigenvalue weighted by Crippen LogP contribution is -2.26. The molecular formula is C24H23NO4. The SMILES string of the molecule is O=CC(=O)NCCc1ccc(OCc2ccccc2)c(OCc2ccccc2)c1. The maximum atomic E-state index is 11.1. The average Bonchev–Trinajstić information content (AvgIpc) is 2.78. The first-order chi connectivity index (χ1) is 14.2. The second-order valence-corrected chi connectivity index (χ2v) is 6.49. The van der Waals surface area contributed by atoms with Gasteiger partial charge < -0.3 is 14.8 Å². The van der Waals surface area contributed by atoms with Gasteiger partial charge in [0.05, 0.1) is 0 Å². The molecule has 0 unspecified atom stereocenters. The number of hydrogen-bond donors (Lipinski definition) is 1. The minimum absolute atomic E-state index is 0.273. The summed E-state index contributed by atoms with van der Waals surface area (Å²) in [5.74, 6) is 0.683. The molecule has 3 aromatic rings. The molecule has 0 bridgehead atoms. The second-order valence-electron chi connectivity index (χ2n) is 6.49. The van der Waals surface area contributed by atoms with E-state index in [2.05, 4.69) is 5.32 Å². The molecule has 5 heteroatoms. The van der Waals surface area contributed by atoms with Gasteiger partial charge in [-0.3, -0.25) is 9.59 Å². The monoisotopic (exact) mass is 389 g/mol. The molecule has 5 nitrogen and oxygen atoms in total. The first-order valence-corrected chi connectivity index (χ1v) is 9.44. The lowest BCUT2D eigenvalue weighted by atomic mass is 10.1. The van der Waals surface area contributed by atoms with Crippen LogP contribution in [0.5, 0.6) is 11.5 Å². The van der Waals surface area contributed by atoms with Crippen molar-refractivity contribution in [3.63, 3.8) is 0 Å². The van der Waals surface area contributed by atoms with E-state index in [-0.39, 0.29) is 6.29 Å². The van der Waals surface area contributed by atoms with Gasteiger partial charge >= 0.3 is 0 Å². The smallest absolute Gasteiger partial charge is 0.284 e. The van der Waals surface area contributed by atoms with E-state index in [0.717, 1.165) is 16.7 Å². The molecule has 0 fully saturated rings. The fraction of sp³-hybridized carbons (Fsp3) is 0.167. The summed E-state index contributed by atoms with van der Waals surface area (Å²) >= 11 is 0. The van der Waals surface area contributed by atoms with Crippen molar-refractivity contribution in [1.29, 1.82) is 0 Å². The Balaban J connectivity index is 1.70. The first-order valence-electron chi connectivity index (χ1n) is 9.44. The molecule has 0 atom stereocenters. The first kappa shape index (κ1) is 20.1. The van der Waals surface area contributed by atoms with Crippen LogP contribution >= 0.6 is 0 Å². The number of aldehydes is 1. The zero-order valence-electron chi connectivity index (χ0n) is 16.0. The number of rotatable bonds is 10. The molecule has 0 aliphatic carbocycles. The van der Waals surface area contributed by atoms with Gasteiger partial charge in [-0.05, 0) is 35.2 Å². The fourth-order valence-electron chi connectivity index (χ4n) is 2.78. The summed E-state index contributed by atoms with van der Waals surface area (Å²) in [7, 11) is 0. The Morgan fingerprint density at radius 1 is 0.759 bits per heavy atom. The summed E-state index contributed by atoms with van der Waals surface area (Å²) in [6, 6.07) is 25.6. The highest BCUT2D eigenvalue weighted by molar-refractivity contribution is 6.23. The fourth-order valence-corrected chi connectivity index (χ4v) is 2.78. The van der Waals surface area contributed by atoms with Crippen molar-refractivity contribution in [1.82, 2.24) is 5.32 Å². The Hall–Kier alpha value is -3.60. The van der Waals surface area contributed by atoms with Gasteiger partial charge in [0.25, 0.3) is 5.91 Å². The van der Waals surface area contributed by atoms with E-state index in [4.69, 9.17) is 9.47 Å². The van der Waals surface area contributed by atoms with Crippen molar-refractivity contribution in [3.05, 3.63) is 95.6 Å². The Bertz CT molecular complexity index is 926. The van der Waals surface area contributed by atoms with Crippen LogP contribution in [-0.4, -0.2) is 18.7 Å². The zero-order chi connectivity index (χ0) is 20.3. The molecule has 3 rings (SSSR count). The predicted octanol–water partition coefficient (Wildman–Crippen LogP) is 3.70. The van der Waals surface area contributed by atoms with Crippen LogP contribution in [-0.2, 0) is 29.2 Å². The van der Waals surface area contributed by atoms with Crippen LogP contribution in [0.25, 0.3) is 0 Å². The molecule has 0 heterocycles. The van der Waals surface area contributed by atoms with Crippen LogP contribution in [0, 0.1) is 0 Å². The van der Waals surface area contributed by atoms with Crippen LogP contribution in [0.3, 0.4) is 0 Å². The van der Waals surface area contributed by atoms with Gasteiger partial charge in [-0.1, -0.05) is 66.7 Å². The molecule has 148 valence electrons. The van der Waals surface area contributed by atoms with Crippen molar-refractivity contribution in [2.45, 2.75) is 19.6 Å². The highest BCUT2D eigenvalue weighted by Gasteiger charge is 2.09. The number of hydrogen-bond acceptors (Lipinski definition) is 4. The van der Waals surface area contributed by atoms with E-state index in [1.165, 1.54) is 0 Å². The number of ether oxygens (including phenoxy) is 2. The lowest BCUT2D eigenvalue weighted by molar-refractivity contribution is -0.131. The minimum atomic E-state index is -0.617. The van der Waals surface area contributed by atoms with Crippen LogP contribution < -0.4 is 14.8 Å². The predicted molar refractivity (Wildman–Crippen MR) is 111 cm³/mol. The van der Waals surface area contributed by atoms with E-state index in [1.54, 1.807) is 0 Å². The molecule has 29 heavy (non-hydrogen) atoms. The largest absolute Gasteiger partial charge is 0.485 e. The zero-order valence-corrected chi connectivity index (χ0v) is 16.0. The maximum Gasteiger partial charge on any atom is 0.284 e. The Labute approximate surface area is 170 Å². The van der Waals surface area contributed by atoms with Gasteiger partial charge in [-0.25, -0.2) is 0 Å². The number of nitrogens with one attached hydrogen (secondary N) is 1. The van der Waals surface area contributed by atoms with E-state index in [0.29, 0.717) is 37.7 Å². The van der Waals surface area contributed by atoms with Gasteiger partial charge in [-0.2, -0.15) is 0 Å². The molecule has 0 saturated heterocycles. The van der Waals surface area contributed by atoms with Crippen molar-refractivity contribution in [2.24, 2.45) is 0 Å². The molecule has 0 aromatic heterocycles. The second kappa shape index (κ2) is 10.7. The third-order valence-corrected chi connectivity index (χ3v) is 4.30. The molecular weight excluding hydrogens is 366 g/mol. The van der Waals surface area contributed by atoms with Gasteiger partial charge in [0.2, 0.25) is 6.29 Å². The van der Waals surface area contributed by atoms with Crippen molar-refractivity contribution in [2.75, 3.05) is 6.54 Å². The molecule has 3 aromatic carbocycles. The molecule has 0 aliphatic rings. The molecule has 0 radical (unpaired) electrons. The Morgan fingerprint density at radius 3 is 1.93 bits per heavy atom. The van der Waals surface area contributed by atoms with E-state index in [9.17, 15) is 9.59 Å². The van der Waals surface area contributed by atoms with Crippen LogP contribution in [0.15, 0.2) is 78.9 Å². The average molecular weight is 389 g/mol. The highest BCUT2D eigenvalue weighted by Crippen LogP contribution is 2.30. The van der Waals surface area contributed by atoms with E-state index in [1.807, 2.05) is 78.9 Å². The summed E-state index contributed by atoms with van der Waals surface area (Å²) < 4.78 is 12.0. The van der Waals surface area contributed by atoms with Crippen molar-refractivity contribution in [3.8, 4) is 11.5 Å². The minimum Gasteiger partial charge on any atom is -0.485 e. The molecule has 0 aliphatic heterocycles. The van der Waals surface area contributed by atoms with Gasteiger partial charge in [0.15, 0.2) is 11.5 Å². The van der Waals surface area contributed by atoms with Crippen LogP contribution in [0.4, 0.5) is 0 Å². The summed E-state index contributed by atoms with van der Waals surface area (Å²) in [6.45, 7) is 1.24. The summed E-state index contributed by atoms with van der Waals surface area (Å²) in [6.07, 6.45) is 0.856. The third-order valence-electron chi connectivity index (χ3n) is 4.30. The topological polar surface area (TPSA) is 64.6 Å². The van der Waals surface area contributed by atoms with Crippen molar-refractivity contribution >= 4 is 12.2 Å². The van der Waals surface area contributed by atoms with Gasteiger partial charge in [0, 0.05) is 6.54 Å². The van der Waals surface area contributed by atoms with E-state index < -0.39 is 5.91 Å². The van der Waals surface area contributed by atoms with Gasteiger partial charge in [-0.15, -0.1) is 0 Å². The number of benzene rings is 3. The third kappa shape index (κ3) is 6.50. The standard InChI is InChI=1S/C24H23NO4/c26-16-24(27)25-14-13-19-11-12-22(28-17-20-7-3-1-4-8-20)23(15-19)29-18-21-9-5-2-6-10-21/h1-12,15-16H,13-14,17-18H2,(H,25,27). The number of carbonyl (C=O) groups excluding carboxylic acids is 2.